The monoisotopic (exact) mass is 567 g/mol. The van der Waals surface area contributed by atoms with Gasteiger partial charge in [0, 0.05) is 23.5 Å². The maximum absolute atomic E-state index is 15.7. The second kappa shape index (κ2) is 9.49. The van der Waals surface area contributed by atoms with Crippen molar-refractivity contribution in [1.82, 2.24) is 24.1 Å². The van der Waals surface area contributed by atoms with Crippen LogP contribution in [0.15, 0.2) is 48.9 Å². The first-order chi connectivity index (χ1) is 18.2. The second-order valence-corrected chi connectivity index (χ2v) is 10.2. The number of phosphoric acid groups is 1. The molecule has 5 rings (SSSR count). The number of hydrogen-bond acceptors (Lipinski definition) is 5. The first-order valence-corrected chi connectivity index (χ1v) is 12.9. The van der Waals surface area contributed by atoms with Crippen LogP contribution in [0.25, 0.3) is 39.1 Å². The van der Waals surface area contributed by atoms with Crippen molar-refractivity contribution in [2.75, 3.05) is 0 Å². The lowest BCUT2D eigenvalue weighted by molar-refractivity contribution is -0.140. The number of imidazole rings is 1. The summed E-state index contributed by atoms with van der Waals surface area (Å²) in [6.45, 7) is 2.87. The fourth-order valence-electron chi connectivity index (χ4n) is 4.20. The average Bonchev–Trinajstić information content (AvgIpc) is 3.44. The van der Waals surface area contributed by atoms with Crippen molar-refractivity contribution in [3.8, 4) is 22.5 Å². The summed E-state index contributed by atoms with van der Waals surface area (Å²) in [6, 6.07) is 6.60. The van der Waals surface area contributed by atoms with Gasteiger partial charge in [-0.3, -0.25) is 13.9 Å². The van der Waals surface area contributed by atoms with Crippen molar-refractivity contribution < 1.29 is 40.8 Å². The Hall–Kier alpha value is -3.71. The van der Waals surface area contributed by atoms with Crippen LogP contribution < -0.4 is 0 Å². The molecule has 0 atom stereocenters. The molecule has 2 aromatic carbocycles. The van der Waals surface area contributed by atoms with Gasteiger partial charge >= 0.3 is 14.0 Å². The number of rotatable bonds is 6. The highest BCUT2D eigenvalue weighted by molar-refractivity contribution is 7.46. The third-order valence-corrected chi connectivity index (χ3v) is 6.43. The SMILES string of the molecule is CC(C)c1cc(-c2cn3c(-c4ccc5nn(COP(=O)(O)O)cc5c4F)c(C(F)(F)F)nc3cn2)ccc1F. The number of hydrogen-bond donors (Lipinski definition) is 2. The minimum Gasteiger partial charge on any atom is -0.303 e. The lowest BCUT2D eigenvalue weighted by Crippen LogP contribution is -2.08. The van der Waals surface area contributed by atoms with Crippen molar-refractivity contribution in [1.29, 1.82) is 0 Å². The molecule has 9 nitrogen and oxygen atoms in total. The van der Waals surface area contributed by atoms with Gasteiger partial charge in [0.05, 0.1) is 28.5 Å². The van der Waals surface area contributed by atoms with Crippen molar-refractivity contribution in [2.24, 2.45) is 0 Å². The van der Waals surface area contributed by atoms with E-state index >= 15 is 4.39 Å². The van der Waals surface area contributed by atoms with E-state index < -0.39 is 49.3 Å². The lowest BCUT2D eigenvalue weighted by atomic mass is 9.99. The largest absolute Gasteiger partial charge is 0.471 e. The number of nitrogens with zero attached hydrogens (tertiary/aromatic N) is 5. The molecule has 3 aromatic heterocycles. The summed E-state index contributed by atoms with van der Waals surface area (Å²) in [5.41, 5.74) is -1.52. The van der Waals surface area contributed by atoms with Crippen LogP contribution in [-0.2, 0) is 22.0 Å². The highest BCUT2D eigenvalue weighted by Crippen LogP contribution is 2.40. The summed E-state index contributed by atoms with van der Waals surface area (Å²) >= 11 is 0. The van der Waals surface area contributed by atoms with E-state index in [0.717, 1.165) is 27.5 Å². The molecule has 15 heteroatoms. The lowest BCUT2D eigenvalue weighted by Gasteiger charge is -2.11. The Kier molecular flexibility index (Phi) is 6.54. The highest BCUT2D eigenvalue weighted by atomic mass is 31.2. The molecule has 0 saturated heterocycles. The van der Waals surface area contributed by atoms with Crippen molar-refractivity contribution >= 4 is 24.4 Å². The van der Waals surface area contributed by atoms with Crippen LogP contribution in [0.5, 0.6) is 0 Å². The Bertz CT molecular complexity index is 1780. The van der Waals surface area contributed by atoms with Gasteiger partial charge in [-0.2, -0.15) is 18.3 Å². The van der Waals surface area contributed by atoms with Crippen LogP contribution in [0, 0.1) is 11.6 Å². The molecule has 0 saturated carbocycles. The van der Waals surface area contributed by atoms with Gasteiger partial charge in [0.25, 0.3) is 0 Å². The summed E-state index contributed by atoms with van der Waals surface area (Å²) in [4.78, 5) is 25.6. The summed E-state index contributed by atoms with van der Waals surface area (Å²) < 4.78 is 89.5. The fourth-order valence-corrected chi connectivity index (χ4v) is 4.47. The molecule has 39 heavy (non-hydrogen) atoms. The molecule has 3 heterocycles. The molecule has 0 aliphatic carbocycles. The Balaban J connectivity index is 1.69. The van der Waals surface area contributed by atoms with Crippen molar-refractivity contribution in [3.05, 3.63) is 71.8 Å². The van der Waals surface area contributed by atoms with E-state index in [9.17, 15) is 22.1 Å². The van der Waals surface area contributed by atoms with Gasteiger partial charge in [0.15, 0.2) is 18.1 Å². The van der Waals surface area contributed by atoms with E-state index in [4.69, 9.17) is 9.79 Å². The van der Waals surface area contributed by atoms with E-state index in [-0.39, 0.29) is 28.2 Å². The van der Waals surface area contributed by atoms with Gasteiger partial charge in [0.1, 0.15) is 11.6 Å². The van der Waals surface area contributed by atoms with Gasteiger partial charge < -0.3 is 9.79 Å². The third-order valence-electron chi connectivity index (χ3n) is 5.98. The molecule has 204 valence electrons. The summed E-state index contributed by atoms with van der Waals surface area (Å²) in [6.07, 6.45) is -1.52. The minimum absolute atomic E-state index is 0.0165. The first kappa shape index (κ1) is 26.9. The van der Waals surface area contributed by atoms with Crippen molar-refractivity contribution in [3.63, 3.8) is 0 Å². The topological polar surface area (TPSA) is 115 Å². The molecule has 0 fully saturated rings. The predicted octanol–water partition coefficient (Wildman–Crippen LogP) is 5.90. The molecule has 0 spiro atoms. The van der Waals surface area contributed by atoms with Crippen LogP contribution in [0.4, 0.5) is 22.0 Å². The summed E-state index contributed by atoms with van der Waals surface area (Å²) in [7, 11) is -4.85. The van der Waals surface area contributed by atoms with Gasteiger partial charge in [-0.15, -0.1) is 0 Å². The first-order valence-electron chi connectivity index (χ1n) is 11.3. The van der Waals surface area contributed by atoms with Gasteiger partial charge in [0.2, 0.25) is 0 Å². The normalized spacial score (nSPS) is 12.8. The fraction of sp³-hybridized carbons (Fsp3) is 0.208. The zero-order valence-corrected chi connectivity index (χ0v) is 21.1. The van der Waals surface area contributed by atoms with Gasteiger partial charge in [-0.1, -0.05) is 13.8 Å². The number of benzene rings is 2. The molecule has 0 amide bonds. The molecule has 0 radical (unpaired) electrons. The zero-order valence-electron chi connectivity index (χ0n) is 20.2. The Morgan fingerprint density at radius 2 is 1.85 bits per heavy atom. The number of phosphoric ester groups is 1. The molecular weight excluding hydrogens is 548 g/mol. The highest BCUT2D eigenvalue weighted by Gasteiger charge is 2.39. The number of halogens is 5. The standard InChI is InChI=1S/C24H19F5N5O4P/c1-12(2)15-7-13(3-5-17(15)25)19-10-34-20(8-30-19)31-23(24(27,28)29)22(34)14-4-6-18-16(21(14)26)9-33(32-18)11-38-39(35,36)37/h3-10,12H,11H2,1-2H3,(H2,35,36,37). The quantitative estimate of drug-likeness (QED) is 0.194. The zero-order chi connectivity index (χ0) is 28.3. The van der Waals surface area contributed by atoms with E-state index in [1.165, 1.54) is 24.4 Å². The van der Waals surface area contributed by atoms with E-state index in [2.05, 4.69) is 19.6 Å². The molecule has 0 bridgehead atoms. The summed E-state index contributed by atoms with van der Waals surface area (Å²) in [5, 5.41) is 3.73. The third kappa shape index (κ3) is 5.15. The summed E-state index contributed by atoms with van der Waals surface area (Å²) in [5.74, 6) is -1.66. The average molecular weight is 567 g/mol. The van der Waals surface area contributed by atoms with E-state index in [1.54, 1.807) is 19.9 Å². The minimum atomic E-state index is -4.95. The van der Waals surface area contributed by atoms with E-state index in [0.29, 0.717) is 11.1 Å². The van der Waals surface area contributed by atoms with Crippen LogP contribution in [-0.4, -0.2) is 33.9 Å². The number of alkyl halides is 3. The number of fused-ring (bicyclic) bond motifs is 2. The molecule has 0 aliphatic heterocycles. The molecular formula is C24H19F5N5O4P. The molecule has 0 unspecified atom stereocenters. The van der Waals surface area contributed by atoms with Crippen LogP contribution in [0.2, 0.25) is 0 Å². The van der Waals surface area contributed by atoms with Crippen LogP contribution in [0.3, 0.4) is 0 Å². The Labute approximate surface area is 216 Å². The number of aromatic nitrogens is 5. The van der Waals surface area contributed by atoms with Gasteiger partial charge in [-0.25, -0.2) is 23.0 Å². The van der Waals surface area contributed by atoms with Crippen molar-refractivity contribution in [2.45, 2.75) is 32.7 Å². The molecule has 5 aromatic rings. The smallest absolute Gasteiger partial charge is 0.303 e. The van der Waals surface area contributed by atoms with Crippen LogP contribution in [0.1, 0.15) is 31.0 Å². The Morgan fingerprint density at radius 3 is 2.51 bits per heavy atom. The predicted molar refractivity (Wildman–Crippen MR) is 129 cm³/mol. The van der Waals surface area contributed by atoms with E-state index in [1.807, 2.05) is 0 Å². The second-order valence-electron chi connectivity index (χ2n) is 8.98. The van der Waals surface area contributed by atoms with Crippen LogP contribution >= 0.6 is 7.82 Å². The molecule has 2 N–H and O–H groups in total. The van der Waals surface area contributed by atoms with Gasteiger partial charge in [-0.05, 0) is 41.8 Å². The Morgan fingerprint density at radius 1 is 1.10 bits per heavy atom. The maximum Gasteiger partial charge on any atom is 0.471 e. The molecule has 0 aliphatic rings. The maximum atomic E-state index is 15.7.